The molecule has 0 fully saturated rings. The van der Waals surface area contributed by atoms with E-state index in [9.17, 15) is 14.4 Å². The molecule has 0 aromatic heterocycles. The van der Waals surface area contributed by atoms with Crippen LogP contribution in [-0.2, 0) is 14.4 Å². The summed E-state index contributed by atoms with van der Waals surface area (Å²) in [6, 6.07) is -1.16. The summed E-state index contributed by atoms with van der Waals surface area (Å²) < 4.78 is 0. The first kappa shape index (κ1) is 15.8. The molecule has 0 bridgehead atoms. The number of carbonyl (C=O) groups is 3. The highest BCUT2D eigenvalue weighted by Crippen LogP contribution is 1.84. The molecule has 0 spiro atoms. The predicted octanol–water partition coefficient (Wildman–Crippen LogP) is -2.31. The molecule has 8 nitrogen and oxygen atoms in total. The van der Waals surface area contributed by atoms with E-state index in [4.69, 9.17) is 21.7 Å². The number of hydrogen-bond acceptors (Lipinski definition) is 5. The molecule has 0 radical (unpaired) electrons. The number of amides is 1. The van der Waals surface area contributed by atoms with Crippen LogP contribution in [0.4, 0.5) is 0 Å². The van der Waals surface area contributed by atoms with Crippen molar-refractivity contribution in [2.24, 2.45) is 17.2 Å². The molecule has 0 aromatic rings. The molecular weight excluding hydrogens is 206 g/mol. The second-order valence-corrected chi connectivity index (χ2v) is 2.55. The van der Waals surface area contributed by atoms with Crippen molar-refractivity contribution < 1.29 is 24.6 Å². The van der Waals surface area contributed by atoms with Crippen LogP contribution >= 0.6 is 0 Å². The van der Waals surface area contributed by atoms with Gasteiger partial charge in [-0.1, -0.05) is 0 Å². The first-order valence-corrected chi connectivity index (χ1v) is 3.99. The van der Waals surface area contributed by atoms with Gasteiger partial charge in [0.15, 0.2) is 0 Å². The van der Waals surface area contributed by atoms with E-state index in [1.807, 2.05) is 0 Å². The maximum atomic E-state index is 9.99. The van der Waals surface area contributed by atoms with Crippen LogP contribution in [0.15, 0.2) is 0 Å². The van der Waals surface area contributed by atoms with Crippen molar-refractivity contribution in [1.82, 2.24) is 0 Å². The number of aliphatic carboxylic acids is 2. The fourth-order valence-electron chi connectivity index (χ4n) is 0.428. The lowest BCUT2D eigenvalue weighted by atomic mass is 10.2. The van der Waals surface area contributed by atoms with Crippen molar-refractivity contribution in [2.45, 2.75) is 18.9 Å². The Balaban J connectivity index is 0. The van der Waals surface area contributed by atoms with E-state index < -0.39 is 23.9 Å². The molecule has 1 atom stereocenters. The van der Waals surface area contributed by atoms with E-state index >= 15 is 0 Å². The molecule has 0 saturated heterocycles. The number of carboxylic acids is 2. The van der Waals surface area contributed by atoms with E-state index in [-0.39, 0.29) is 19.4 Å². The van der Waals surface area contributed by atoms with Gasteiger partial charge in [0.2, 0.25) is 5.91 Å². The molecule has 15 heavy (non-hydrogen) atoms. The number of carbonyl (C=O) groups excluding carboxylic acids is 1. The smallest absolute Gasteiger partial charge is 0.321 e. The standard InChI is InChI=1S/C4H8N2O3.C3H7NO2/c5-2(4(8)9)1-3(6)7;4-2-1-3(5)6/h2H,1,5H2,(H2,6,7)(H,8,9);1-2,4H2,(H,5,6). The van der Waals surface area contributed by atoms with E-state index in [1.165, 1.54) is 0 Å². The highest BCUT2D eigenvalue weighted by molar-refractivity contribution is 5.83. The average molecular weight is 221 g/mol. The first-order valence-electron chi connectivity index (χ1n) is 3.99. The maximum Gasteiger partial charge on any atom is 0.321 e. The number of nitrogens with two attached hydrogens (primary N) is 3. The third-order valence-electron chi connectivity index (χ3n) is 1.10. The van der Waals surface area contributed by atoms with Gasteiger partial charge in [0.05, 0.1) is 12.8 Å². The molecule has 0 rings (SSSR count). The lowest BCUT2D eigenvalue weighted by molar-refractivity contribution is -0.140. The van der Waals surface area contributed by atoms with Crippen LogP contribution in [0.3, 0.4) is 0 Å². The zero-order chi connectivity index (χ0) is 12.4. The van der Waals surface area contributed by atoms with E-state index in [2.05, 4.69) is 5.73 Å². The Morgan fingerprint density at radius 3 is 1.73 bits per heavy atom. The second kappa shape index (κ2) is 8.91. The van der Waals surface area contributed by atoms with Crippen molar-refractivity contribution in [2.75, 3.05) is 6.54 Å². The minimum atomic E-state index is -1.21. The van der Waals surface area contributed by atoms with Crippen LogP contribution in [0.5, 0.6) is 0 Å². The number of hydrogen-bond donors (Lipinski definition) is 5. The van der Waals surface area contributed by atoms with Crippen LogP contribution in [0, 0.1) is 0 Å². The van der Waals surface area contributed by atoms with Crippen LogP contribution in [0.25, 0.3) is 0 Å². The topological polar surface area (TPSA) is 170 Å². The molecule has 0 heterocycles. The summed E-state index contributed by atoms with van der Waals surface area (Å²) >= 11 is 0. The summed E-state index contributed by atoms with van der Waals surface area (Å²) in [6.07, 6.45) is -0.241. The summed E-state index contributed by atoms with van der Waals surface area (Å²) in [4.78, 5) is 29.4. The van der Waals surface area contributed by atoms with Gasteiger partial charge in [0, 0.05) is 6.54 Å². The van der Waals surface area contributed by atoms with E-state index in [1.54, 1.807) is 0 Å². The van der Waals surface area contributed by atoms with Crippen molar-refractivity contribution in [3.05, 3.63) is 0 Å². The molecule has 8 heteroatoms. The monoisotopic (exact) mass is 221 g/mol. The highest BCUT2D eigenvalue weighted by Gasteiger charge is 2.13. The molecule has 88 valence electrons. The lowest BCUT2D eigenvalue weighted by Gasteiger charge is -1.99. The Bertz CT molecular complexity index is 231. The van der Waals surface area contributed by atoms with Gasteiger partial charge in [-0.2, -0.15) is 0 Å². The summed E-state index contributed by atoms with van der Waals surface area (Å²) in [5.41, 5.74) is 14.4. The van der Waals surface area contributed by atoms with Crippen molar-refractivity contribution in [3.63, 3.8) is 0 Å². The number of carboxylic acid groups (broad SMARTS) is 2. The second-order valence-electron chi connectivity index (χ2n) is 2.55. The predicted molar refractivity (Wildman–Crippen MR) is 50.7 cm³/mol. The quantitative estimate of drug-likeness (QED) is 0.347. The van der Waals surface area contributed by atoms with E-state index in [0.717, 1.165) is 0 Å². The first-order chi connectivity index (χ1) is 6.81. The molecule has 0 aromatic carbocycles. The third-order valence-corrected chi connectivity index (χ3v) is 1.10. The van der Waals surface area contributed by atoms with Crippen molar-refractivity contribution in [1.29, 1.82) is 0 Å². The molecular formula is C7H15N3O5. The molecule has 8 N–H and O–H groups in total. The molecule has 0 saturated carbocycles. The van der Waals surface area contributed by atoms with Gasteiger partial charge >= 0.3 is 11.9 Å². The fourth-order valence-corrected chi connectivity index (χ4v) is 0.428. The Morgan fingerprint density at radius 1 is 1.20 bits per heavy atom. The minimum absolute atomic E-state index is 0.0694. The van der Waals surface area contributed by atoms with Gasteiger partial charge < -0.3 is 27.4 Å². The number of primary amides is 1. The van der Waals surface area contributed by atoms with Crippen molar-refractivity contribution >= 4 is 17.8 Å². The molecule has 1 unspecified atom stereocenters. The van der Waals surface area contributed by atoms with Gasteiger partial charge in [0.1, 0.15) is 6.04 Å². The normalized spacial score (nSPS) is 10.8. The minimum Gasteiger partial charge on any atom is -0.481 e. The Kier molecular flexibility index (Phi) is 9.37. The summed E-state index contributed by atoms with van der Waals surface area (Å²) in [5, 5.41) is 15.9. The Hall–Kier alpha value is -1.67. The molecule has 0 aliphatic carbocycles. The van der Waals surface area contributed by atoms with Gasteiger partial charge in [-0.25, -0.2) is 0 Å². The average Bonchev–Trinajstić information content (AvgIpc) is 2.03. The van der Waals surface area contributed by atoms with Crippen LogP contribution in [-0.4, -0.2) is 40.6 Å². The SMILES string of the molecule is NC(=O)CC(N)C(=O)O.NCCC(=O)O. The molecule has 0 aliphatic rings. The van der Waals surface area contributed by atoms with Gasteiger partial charge in [0.25, 0.3) is 0 Å². The van der Waals surface area contributed by atoms with Crippen LogP contribution < -0.4 is 17.2 Å². The van der Waals surface area contributed by atoms with Gasteiger partial charge in [-0.15, -0.1) is 0 Å². The number of rotatable bonds is 5. The van der Waals surface area contributed by atoms with Gasteiger partial charge in [-0.05, 0) is 0 Å². The summed E-state index contributed by atoms with van der Waals surface area (Å²) in [6.45, 7) is 0.231. The van der Waals surface area contributed by atoms with E-state index in [0.29, 0.717) is 0 Å². The lowest BCUT2D eigenvalue weighted by Crippen LogP contribution is -2.34. The molecule has 0 aliphatic heterocycles. The van der Waals surface area contributed by atoms with Crippen molar-refractivity contribution in [3.8, 4) is 0 Å². The highest BCUT2D eigenvalue weighted by atomic mass is 16.4. The molecule has 1 amide bonds. The zero-order valence-corrected chi connectivity index (χ0v) is 8.05. The largest absolute Gasteiger partial charge is 0.481 e. The Labute approximate surface area is 86.0 Å². The van der Waals surface area contributed by atoms with Crippen LogP contribution in [0.1, 0.15) is 12.8 Å². The zero-order valence-electron chi connectivity index (χ0n) is 8.05. The maximum absolute atomic E-state index is 9.99. The summed E-state index contributed by atoms with van der Waals surface area (Å²) in [7, 11) is 0. The van der Waals surface area contributed by atoms with Crippen LogP contribution in [0.2, 0.25) is 0 Å². The Morgan fingerprint density at radius 2 is 1.67 bits per heavy atom. The van der Waals surface area contributed by atoms with Gasteiger partial charge in [-0.3, -0.25) is 14.4 Å². The third kappa shape index (κ3) is 15.1. The summed E-state index contributed by atoms with van der Waals surface area (Å²) in [5.74, 6) is -2.75. The fraction of sp³-hybridized carbons (Fsp3) is 0.571.